The van der Waals surface area contributed by atoms with Crippen LogP contribution >= 0.6 is 0 Å². The Bertz CT molecular complexity index is 1330. The Labute approximate surface area is 212 Å². The van der Waals surface area contributed by atoms with E-state index in [0.717, 1.165) is 42.1 Å². The van der Waals surface area contributed by atoms with Crippen LogP contribution in [0.15, 0.2) is 67.8 Å². The number of piperidine rings is 1. The van der Waals surface area contributed by atoms with Crippen molar-refractivity contribution >= 4 is 22.5 Å². The molecule has 0 amide bonds. The summed E-state index contributed by atoms with van der Waals surface area (Å²) in [6, 6.07) is 4.97. The number of anilines is 2. The lowest BCUT2D eigenvalue weighted by Gasteiger charge is -2.34. The molecule has 0 spiro atoms. The number of nitrogens with one attached hydrogen (secondary N) is 2. The third-order valence-electron chi connectivity index (χ3n) is 7.87. The van der Waals surface area contributed by atoms with Gasteiger partial charge in [-0.25, -0.2) is 15.0 Å². The zero-order valence-electron chi connectivity index (χ0n) is 20.7. The van der Waals surface area contributed by atoms with E-state index in [9.17, 15) is 0 Å². The lowest BCUT2D eigenvalue weighted by atomic mass is 9.79. The van der Waals surface area contributed by atoms with Gasteiger partial charge in [-0.1, -0.05) is 25.7 Å². The standard InChI is InChI=1S/C29H33N7/c1-3-7-21(4-2)33-26-16-20(11-14-32-26)28-34-24-18-30-17-22(19-8-5-9-19)27(24)29(35-28)36-15-12-23-25(36)10-6-13-31-23/h3-4,7,11,14,16-19,23,25,31H,1-2,5-6,8-10,12-13,15H2,(H,32,33)/b21-7+. The van der Waals surface area contributed by atoms with Crippen LogP contribution in [0.2, 0.25) is 0 Å². The molecule has 1 aliphatic carbocycles. The van der Waals surface area contributed by atoms with Crippen LogP contribution in [0.3, 0.4) is 0 Å². The molecule has 5 heterocycles. The number of rotatable bonds is 7. The first kappa shape index (κ1) is 22.9. The van der Waals surface area contributed by atoms with E-state index in [1.165, 1.54) is 43.1 Å². The van der Waals surface area contributed by atoms with Crippen molar-refractivity contribution in [2.45, 2.75) is 56.5 Å². The molecule has 2 aliphatic heterocycles. The zero-order chi connectivity index (χ0) is 24.5. The highest BCUT2D eigenvalue weighted by atomic mass is 15.3. The van der Waals surface area contributed by atoms with Crippen molar-refractivity contribution in [3.05, 3.63) is 73.4 Å². The highest BCUT2D eigenvalue weighted by Gasteiger charge is 2.38. The lowest BCUT2D eigenvalue weighted by molar-refractivity contribution is 0.382. The maximum absolute atomic E-state index is 5.28. The summed E-state index contributed by atoms with van der Waals surface area (Å²) >= 11 is 0. The number of allylic oxidation sites excluding steroid dienone is 3. The van der Waals surface area contributed by atoms with Crippen LogP contribution in [0.1, 0.15) is 50.0 Å². The fraction of sp³-hybridized carbons (Fsp3) is 0.379. The number of hydrogen-bond acceptors (Lipinski definition) is 7. The van der Waals surface area contributed by atoms with Crippen LogP contribution in [0.5, 0.6) is 0 Å². The highest BCUT2D eigenvalue weighted by molar-refractivity contribution is 5.94. The minimum atomic E-state index is 0.473. The molecule has 6 rings (SSSR count). The molecule has 2 unspecified atom stereocenters. The van der Waals surface area contributed by atoms with Crippen LogP contribution in [0.4, 0.5) is 11.6 Å². The van der Waals surface area contributed by atoms with E-state index in [0.29, 0.717) is 29.6 Å². The minimum absolute atomic E-state index is 0.473. The van der Waals surface area contributed by atoms with Gasteiger partial charge in [0, 0.05) is 47.7 Å². The number of hydrogen-bond donors (Lipinski definition) is 2. The van der Waals surface area contributed by atoms with E-state index in [-0.39, 0.29) is 0 Å². The third kappa shape index (κ3) is 4.17. The van der Waals surface area contributed by atoms with Crippen LogP contribution < -0.4 is 15.5 Å². The van der Waals surface area contributed by atoms with Gasteiger partial charge in [0.15, 0.2) is 5.82 Å². The molecule has 3 fully saturated rings. The Morgan fingerprint density at radius 3 is 2.83 bits per heavy atom. The summed E-state index contributed by atoms with van der Waals surface area (Å²) < 4.78 is 0. The Morgan fingerprint density at radius 1 is 1.11 bits per heavy atom. The molecule has 184 valence electrons. The molecule has 7 heteroatoms. The predicted molar refractivity (Wildman–Crippen MR) is 146 cm³/mol. The summed E-state index contributed by atoms with van der Waals surface area (Å²) in [5.41, 5.74) is 3.99. The Kier molecular flexibility index (Phi) is 6.23. The zero-order valence-corrected chi connectivity index (χ0v) is 20.7. The van der Waals surface area contributed by atoms with Gasteiger partial charge in [-0.3, -0.25) is 4.98 Å². The van der Waals surface area contributed by atoms with E-state index in [2.05, 4.69) is 44.9 Å². The fourth-order valence-electron chi connectivity index (χ4n) is 5.84. The first-order valence-corrected chi connectivity index (χ1v) is 13.1. The topological polar surface area (TPSA) is 78.9 Å². The Hall–Kier alpha value is -3.58. The van der Waals surface area contributed by atoms with Crippen molar-refractivity contribution in [1.82, 2.24) is 25.3 Å². The van der Waals surface area contributed by atoms with Gasteiger partial charge < -0.3 is 15.5 Å². The van der Waals surface area contributed by atoms with E-state index in [1.807, 2.05) is 24.4 Å². The maximum Gasteiger partial charge on any atom is 0.162 e. The largest absolute Gasteiger partial charge is 0.351 e. The molecule has 2 atom stereocenters. The summed E-state index contributed by atoms with van der Waals surface area (Å²) in [5, 5.41) is 8.23. The number of fused-ring (bicyclic) bond motifs is 2. The highest BCUT2D eigenvalue weighted by Crippen LogP contribution is 2.43. The average molecular weight is 480 g/mol. The van der Waals surface area contributed by atoms with Crippen LogP contribution in [0.25, 0.3) is 22.3 Å². The first-order valence-electron chi connectivity index (χ1n) is 13.1. The summed E-state index contributed by atoms with van der Waals surface area (Å²) in [5.74, 6) is 3.04. The second kappa shape index (κ2) is 9.82. The monoisotopic (exact) mass is 479 g/mol. The summed E-state index contributed by atoms with van der Waals surface area (Å²) in [7, 11) is 0. The van der Waals surface area contributed by atoms with Crippen molar-refractivity contribution in [3.8, 4) is 11.4 Å². The minimum Gasteiger partial charge on any atom is -0.351 e. The van der Waals surface area contributed by atoms with Crippen molar-refractivity contribution in [2.75, 3.05) is 23.3 Å². The number of aromatic nitrogens is 4. The lowest BCUT2D eigenvalue weighted by Crippen LogP contribution is -2.47. The molecule has 1 saturated carbocycles. The van der Waals surface area contributed by atoms with Gasteiger partial charge in [-0.2, -0.15) is 0 Å². The molecule has 7 nitrogen and oxygen atoms in total. The Morgan fingerprint density at radius 2 is 2.03 bits per heavy atom. The van der Waals surface area contributed by atoms with Crippen molar-refractivity contribution in [1.29, 1.82) is 0 Å². The van der Waals surface area contributed by atoms with Gasteiger partial charge in [0.1, 0.15) is 11.6 Å². The third-order valence-corrected chi connectivity index (χ3v) is 7.87. The number of pyridine rings is 2. The summed E-state index contributed by atoms with van der Waals surface area (Å²) in [6.45, 7) is 9.76. The molecular formula is C29H33N7. The molecule has 3 aromatic rings. The van der Waals surface area contributed by atoms with E-state index in [4.69, 9.17) is 9.97 Å². The fourth-order valence-corrected chi connectivity index (χ4v) is 5.84. The van der Waals surface area contributed by atoms with E-state index >= 15 is 0 Å². The van der Waals surface area contributed by atoms with Crippen molar-refractivity contribution in [2.24, 2.45) is 0 Å². The first-order chi connectivity index (χ1) is 17.7. The molecular weight excluding hydrogens is 446 g/mol. The molecule has 2 saturated heterocycles. The van der Waals surface area contributed by atoms with Crippen molar-refractivity contribution in [3.63, 3.8) is 0 Å². The molecule has 2 N–H and O–H groups in total. The van der Waals surface area contributed by atoms with Gasteiger partial charge in [0.25, 0.3) is 0 Å². The van der Waals surface area contributed by atoms with Gasteiger partial charge in [-0.15, -0.1) is 0 Å². The van der Waals surface area contributed by atoms with E-state index < -0.39 is 0 Å². The van der Waals surface area contributed by atoms with Gasteiger partial charge in [-0.05, 0) is 74.4 Å². The molecule has 36 heavy (non-hydrogen) atoms. The van der Waals surface area contributed by atoms with Crippen LogP contribution in [0, 0.1) is 0 Å². The molecule has 0 bridgehead atoms. The predicted octanol–water partition coefficient (Wildman–Crippen LogP) is 5.35. The molecule has 3 aliphatic rings. The van der Waals surface area contributed by atoms with E-state index in [1.54, 1.807) is 18.3 Å². The quantitative estimate of drug-likeness (QED) is 0.442. The summed E-state index contributed by atoms with van der Waals surface area (Å²) in [4.78, 5) is 22.0. The summed E-state index contributed by atoms with van der Waals surface area (Å²) in [6.07, 6.45) is 18.4. The second-order valence-corrected chi connectivity index (χ2v) is 9.99. The maximum atomic E-state index is 5.28. The van der Waals surface area contributed by atoms with Crippen molar-refractivity contribution < 1.29 is 0 Å². The SMILES string of the molecule is C=C/C=C(\C=C)Nc1cc(-c2nc(N3CCC4NCCCC43)c3c(C4CCC4)cncc3n2)ccn1. The molecule has 0 radical (unpaired) electrons. The molecule has 3 aromatic heterocycles. The molecule has 0 aromatic carbocycles. The Balaban J connectivity index is 1.47. The normalized spacial score (nSPS) is 22.2. The second-order valence-electron chi connectivity index (χ2n) is 9.99. The smallest absolute Gasteiger partial charge is 0.162 e. The van der Waals surface area contributed by atoms with Crippen LogP contribution in [-0.4, -0.2) is 45.1 Å². The van der Waals surface area contributed by atoms with Crippen LogP contribution in [-0.2, 0) is 0 Å². The van der Waals surface area contributed by atoms with Gasteiger partial charge in [0.05, 0.1) is 11.7 Å². The average Bonchev–Trinajstić information content (AvgIpc) is 3.31. The van der Waals surface area contributed by atoms with Gasteiger partial charge in [0.2, 0.25) is 0 Å². The van der Waals surface area contributed by atoms with Gasteiger partial charge >= 0.3 is 0 Å². The number of nitrogens with zero attached hydrogens (tertiary/aromatic N) is 5.